The van der Waals surface area contributed by atoms with Crippen molar-refractivity contribution in [1.29, 1.82) is 0 Å². The van der Waals surface area contributed by atoms with Gasteiger partial charge in [-0.3, -0.25) is 0 Å². The van der Waals surface area contributed by atoms with Gasteiger partial charge in [0, 0.05) is 25.3 Å². The van der Waals surface area contributed by atoms with Gasteiger partial charge in [-0.2, -0.15) is 4.37 Å². The number of nitrogens with two attached hydrogens (primary N) is 1. The molecule has 3 rings (SSSR count). The molecule has 0 amide bonds. The number of nitrogens with zero attached hydrogens (tertiary/aromatic N) is 2. The summed E-state index contributed by atoms with van der Waals surface area (Å²) in [5, 5.41) is 1.30. The first-order valence-electron chi connectivity index (χ1n) is 5.94. The zero-order valence-electron chi connectivity index (χ0n) is 9.32. The Bertz CT molecular complexity index is 367. The summed E-state index contributed by atoms with van der Waals surface area (Å²) in [7, 11) is 0. The summed E-state index contributed by atoms with van der Waals surface area (Å²) in [6.45, 7) is 3.74. The summed E-state index contributed by atoms with van der Waals surface area (Å²) in [6.07, 6.45) is 3.65. The largest absolute Gasteiger partial charge is 0.383 e. The quantitative estimate of drug-likeness (QED) is 0.855. The third-order valence-electron chi connectivity index (χ3n) is 3.23. The first-order chi connectivity index (χ1) is 7.86. The second kappa shape index (κ2) is 4.22. The van der Waals surface area contributed by atoms with E-state index in [1.807, 2.05) is 0 Å². The fourth-order valence-electron chi connectivity index (χ4n) is 2.23. The van der Waals surface area contributed by atoms with Crippen LogP contribution in [-0.4, -0.2) is 30.7 Å². The molecule has 1 aliphatic carbocycles. The average Bonchev–Trinajstić information content (AvgIpc) is 3.08. The van der Waals surface area contributed by atoms with E-state index >= 15 is 0 Å². The Morgan fingerprint density at radius 1 is 1.31 bits per heavy atom. The molecule has 5 heteroatoms. The highest BCUT2D eigenvalue weighted by Gasteiger charge is 2.32. The highest BCUT2D eigenvalue weighted by atomic mass is 32.1. The maximum atomic E-state index is 5.97. The van der Waals surface area contributed by atoms with Gasteiger partial charge in [0.05, 0.1) is 6.61 Å². The fourth-order valence-corrected chi connectivity index (χ4v) is 3.18. The molecule has 88 valence electrons. The Morgan fingerprint density at radius 2 is 2.19 bits per heavy atom. The molecule has 0 bridgehead atoms. The smallest absolute Gasteiger partial charge is 0.142 e. The van der Waals surface area contributed by atoms with Crippen molar-refractivity contribution in [2.75, 3.05) is 36.9 Å². The zero-order chi connectivity index (χ0) is 11.0. The molecule has 2 fully saturated rings. The maximum Gasteiger partial charge on any atom is 0.142 e. The third-order valence-corrected chi connectivity index (χ3v) is 4.17. The summed E-state index contributed by atoms with van der Waals surface area (Å²) in [6, 6.07) is 0. The van der Waals surface area contributed by atoms with Crippen LogP contribution in [0.1, 0.15) is 30.7 Å². The van der Waals surface area contributed by atoms with Gasteiger partial charge in [-0.15, -0.1) is 0 Å². The molecular weight excluding hydrogens is 222 g/mol. The van der Waals surface area contributed by atoms with Crippen molar-refractivity contribution in [2.24, 2.45) is 0 Å². The van der Waals surface area contributed by atoms with Crippen LogP contribution in [0.15, 0.2) is 0 Å². The van der Waals surface area contributed by atoms with Crippen LogP contribution in [0.4, 0.5) is 10.8 Å². The van der Waals surface area contributed by atoms with E-state index in [0.717, 1.165) is 38.5 Å². The van der Waals surface area contributed by atoms with Gasteiger partial charge in [-0.05, 0) is 36.7 Å². The Hall–Kier alpha value is -0.810. The topological polar surface area (TPSA) is 51.4 Å². The van der Waals surface area contributed by atoms with E-state index in [1.165, 1.54) is 23.4 Å². The van der Waals surface area contributed by atoms with E-state index in [2.05, 4.69) is 9.27 Å². The summed E-state index contributed by atoms with van der Waals surface area (Å²) in [5.41, 5.74) is 7.28. The van der Waals surface area contributed by atoms with Gasteiger partial charge >= 0.3 is 0 Å². The first-order valence-corrected chi connectivity index (χ1v) is 6.71. The number of nitrogen functional groups attached to an aromatic ring is 1. The van der Waals surface area contributed by atoms with Crippen molar-refractivity contribution in [3.63, 3.8) is 0 Å². The number of hydrogen-bond donors (Lipinski definition) is 1. The molecule has 1 aliphatic heterocycles. The number of hydrogen-bond acceptors (Lipinski definition) is 5. The molecule has 0 aromatic carbocycles. The lowest BCUT2D eigenvalue weighted by Gasteiger charge is -2.21. The molecule has 16 heavy (non-hydrogen) atoms. The molecule has 1 aromatic rings. The summed E-state index contributed by atoms with van der Waals surface area (Å²) < 4.78 is 9.80. The van der Waals surface area contributed by atoms with Gasteiger partial charge in [-0.25, -0.2) is 0 Å². The number of anilines is 2. The van der Waals surface area contributed by atoms with Crippen LogP contribution in [0.25, 0.3) is 0 Å². The molecule has 0 radical (unpaired) electrons. The van der Waals surface area contributed by atoms with Crippen molar-refractivity contribution >= 4 is 22.4 Å². The normalized spacial score (nSPS) is 22.1. The van der Waals surface area contributed by atoms with Crippen LogP contribution >= 0.6 is 11.5 Å². The standard InChI is InChI=1S/C11H17N3OS/c12-10-9(8-2-3-8)11(16-13-10)14-4-1-6-15-7-5-14/h8H,1-7H2,(H2,12,13). The van der Waals surface area contributed by atoms with Gasteiger partial charge in [0.2, 0.25) is 0 Å². The van der Waals surface area contributed by atoms with Gasteiger partial charge in [0.15, 0.2) is 0 Å². The SMILES string of the molecule is Nc1nsc(N2CCCOCC2)c1C1CC1. The Labute approximate surface area is 99.6 Å². The van der Waals surface area contributed by atoms with Crippen molar-refractivity contribution in [3.8, 4) is 0 Å². The molecule has 1 saturated carbocycles. The van der Waals surface area contributed by atoms with Crippen molar-refractivity contribution < 1.29 is 4.74 Å². The average molecular weight is 239 g/mol. The molecule has 0 atom stereocenters. The van der Waals surface area contributed by atoms with E-state index < -0.39 is 0 Å². The van der Waals surface area contributed by atoms with Crippen LogP contribution < -0.4 is 10.6 Å². The molecule has 0 spiro atoms. The van der Waals surface area contributed by atoms with E-state index in [9.17, 15) is 0 Å². The molecule has 1 saturated heterocycles. The van der Waals surface area contributed by atoms with Crippen LogP contribution in [0.3, 0.4) is 0 Å². The molecule has 2 N–H and O–H groups in total. The highest BCUT2D eigenvalue weighted by molar-refractivity contribution is 7.10. The van der Waals surface area contributed by atoms with Crippen molar-refractivity contribution in [2.45, 2.75) is 25.2 Å². The van der Waals surface area contributed by atoms with Gasteiger partial charge in [-0.1, -0.05) is 0 Å². The summed E-state index contributed by atoms with van der Waals surface area (Å²) in [5.74, 6) is 1.44. The minimum atomic E-state index is 0.679. The second-order valence-electron chi connectivity index (χ2n) is 4.51. The van der Waals surface area contributed by atoms with Gasteiger partial charge in [0.25, 0.3) is 0 Å². The highest BCUT2D eigenvalue weighted by Crippen LogP contribution is 2.48. The molecule has 2 aliphatic rings. The van der Waals surface area contributed by atoms with Crippen LogP contribution in [0.5, 0.6) is 0 Å². The Kier molecular flexibility index (Phi) is 2.73. The minimum absolute atomic E-state index is 0.679. The van der Waals surface area contributed by atoms with E-state index in [1.54, 1.807) is 11.5 Å². The van der Waals surface area contributed by atoms with Crippen molar-refractivity contribution in [3.05, 3.63) is 5.56 Å². The monoisotopic (exact) mass is 239 g/mol. The van der Waals surface area contributed by atoms with E-state index in [-0.39, 0.29) is 0 Å². The lowest BCUT2D eigenvalue weighted by Crippen LogP contribution is -2.25. The molecule has 4 nitrogen and oxygen atoms in total. The molecule has 2 heterocycles. The summed E-state index contributed by atoms with van der Waals surface area (Å²) >= 11 is 1.56. The number of aromatic nitrogens is 1. The van der Waals surface area contributed by atoms with E-state index in [4.69, 9.17) is 10.5 Å². The first kappa shape index (κ1) is 10.4. The van der Waals surface area contributed by atoms with Gasteiger partial charge in [0.1, 0.15) is 10.8 Å². The summed E-state index contributed by atoms with van der Waals surface area (Å²) in [4.78, 5) is 2.40. The van der Waals surface area contributed by atoms with Crippen LogP contribution in [-0.2, 0) is 4.74 Å². The lowest BCUT2D eigenvalue weighted by molar-refractivity contribution is 0.152. The van der Waals surface area contributed by atoms with Crippen molar-refractivity contribution in [1.82, 2.24) is 4.37 Å². The molecule has 1 aromatic heterocycles. The minimum Gasteiger partial charge on any atom is -0.383 e. The van der Waals surface area contributed by atoms with Gasteiger partial charge < -0.3 is 15.4 Å². The second-order valence-corrected chi connectivity index (χ2v) is 5.27. The predicted molar refractivity (Wildman–Crippen MR) is 66.2 cm³/mol. The maximum absolute atomic E-state index is 5.97. The zero-order valence-corrected chi connectivity index (χ0v) is 10.1. The Morgan fingerprint density at radius 3 is 3.00 bits per heavy atom. The van der Waals surface area contributed by atoms with Crippen LogP contribution in [0.2, 0.25) is 0 Å². The third kappa shape index (κ3) is 1.89. The number of ether oxygens (including phenoxy) is 1. The molecule has 0 unspecified atom stereocenters. The van der Waals surface area contributed by atoms with Crippen LogP contribution in [0, 0.1) is 0 Å². The lowest BCUT2D eigenvalue weighted by atomic mass is 10.2. The van der Waals surface area contributed by atoms with E-state index in [0.29, 0.717) is 5.92 Å². The Balaban J connectivity index is 1.86. The molecular formula is C11H17N3OS. The fraction of sp³-hybridized carbons (Fsp3) is 0.727. The predicted octanol–water partition coefficient (Wildman–Crippen LogP) is 1.83. The number of rotatable bonds is 2.